The fraction of sp³-hybridized carbons (Fsp3) is 0.806. The monoisotopic (exact) mass is 563 g/mol. The van der Waals surface area contributed by atoms with Crippen LogP contribution in [0.15, 0.2) is 30.3 Å². The van der Waals surface area contributed by atoms with Gasteiger partial charge < -0.3 is 19.8 Å². The third-order valence-electron chi connectivity index (χ3n) is 14.9. The van der Waals surface area contributed by atoms with Crippen molar-refractivity contribution in [3.63, 3.8) is 0 Å². The predicted molar refractivity (Wildman–Crippen MR) is 160 cm³/mol. The molecule has 5 nitrogen and oxygen atoms in total. The number of carbonyl (C=O) groups excluding carboxylic acids is 1. The summed E-state index contributed by atoms with van der Waals surface area (Å²) in [5.41, 5.74) is 1.65. The number of amides is 1. The van der Waals surface area contributed by atoms with Gasteiger partial charge >= 0.3 is 0 Å². The molecule has 6 fully saturated rings. The Hall–Kier alpha value is -1.43. The second kappa shape index (κ2) is 9.05. The van der Waals surface area contributed by atoms with Crippen LogP contribution in [-0.2, 0) is 16.1 Å². The summed E-state index contributed by atoms with van der Waals surface area (Å²) in [4.78, 5) is 14.6. The van der Waals surface area contributed by atoms with Gasteiger partial charge in [0.05, 0.1) is 24.4 Å². The van der Waals surface area contributed by atoms with Crippen molar-refractivity contribution in [2.45, 2.75) is 124 Å². The third kappa shape index (κ3) is 3.55. The summed E-state index contributed by atoms with van der Waals surface area (Å²) in [6.07, 6.45) is 8.19. The summed E-state index contributed by atoms with van der Waals surface area (Å²) < 4.78 is 6.94. The van der Waals surface area contributed by atoms with E-state index in [4.69, 9.17) is 4.74 Å². The van der Waals surface area contributed by atoms with Crippen LogP contribution in [0.25, 0.3) is 0 Å². The Morgan fingerprint density at radius 1 is 0.976 bits per heavy atom. The molecule has 0 bridgehead atoms. The average Bonchev–Trinajstić information content (AvgIpc) is 3.56. The van der Waals surface area contributed by atoms with Gasteiger partial charge in [-0.25, -0.2) is 0 Å². The summed E-state index contributed by atoms with van der Waals surface area (Å²) in [7, 11) is 0. The number of fused-ring (bicyclic) bond motifs is 4. The summed E-state index contributed by atoms with van der Waals surface area (Å²) in [5, 5.41) is 23.4. The van der Waals surface area contributed by atoms with Crippen LogP contribution >= 0.6 is 0 Å². The molecule has 12 atom stereocenters. The molecule has 12 unspecified atom stereocenters. The quantitative estimate of drug-likeness (QED) is 0.457. The molecule has 226 valence electrons. The zero-order chi connectivity index (χ0) is 29.2. The average molecular weight is 564 g/mol. The first-order chi connectivity index (χ1) is 19.3. The number of rotatable bonds is 4. The van der Waals surface area contributed by atoms with Gasteiger partial charge in [-0.3, -0.25) is 4.79 Å². The lowest BCUT2D eigenvalue weighted by atomic mass is 9.41. The molecule has 7 rings (SSSR count). The lowest BCUT2D eigenvalue weighted by Gasteiger charge is -2.63. The standard InChI is InChI=1S/C36H53NO4/c1-22-18-25(20-37(23(2)38)19-24-10-8-7-9-11-24)41-30-29(22)33(5)16-17-36-21-35(36)15-14-28(39)32(3,4)26(35)12-13-27(36)34(33,6)31(30)40/h7-11,22,25-31,39-40H,12-21H2,1-6H3. The first kappa shape index (κ1) is 28.3. The molecule has 1 aromatic carbocycles. The van der Waals surface area contributed by atoms with Crippen LogP contribution in [0.5, 0.6) is 0 Å². The number of ether oxygens (including phenoxy) is 1. The molecule has 5 aliphatic carbocycles. The zero-order valence-electron chi connectivity index (χ0n) is 26.2. The highest BCUT2D eigenvalue weighted by atomic mass is 16.5. The lowest BCUT2D eigenvalue weighted by Crippen LogP contribution is -2.59. The van der Waals surface area contributed by atoms with E-state index >= 15 is 0 Å². The van der Waals surface area contributed by atoms with E-state index in [1.807, 2.05) is 23.1 Å². The number of benzene rings is 1. The van der Waals surface area contributed by atoms with Gasteiger partial charge in [0, 0.05) is 25.4 Å². The second-order valence-corrected chi connectivity index (χ2v) is 16.5. The van der Waals surface area contributed by atoms with E-state index in [0.717, 1.165) is 31.2 Å². The van der Waals surface area contributed by atoms with Crippen LogP contribution in [0, 0.1) is 50.7 Å². The van der Waals surface area contributed by atoms with Crippen LogP contribution in [0.2, 0.25) is 0 Å². The predicted octanol–water partition coefficient (Wildman–Crippen LogP) is 6.21. The maximum absolute atomic E-state index is 12.7. The van der Waals surface area contributed by atoms with Gasteiger partial charge in [0.2, 0.25) is 5.91 Å². The molecule has 0 radical (unpaired) electrons. The fourth-order valence-corrected chi connectivity index (χ4v) is 12.9. The minimum Gasteiger partial charge on any atom is -0.393 e. The maximum atomic E-state index is 12.7. The van der Waals surface area contributed by atoms with E-state index in [2.05, 4.69) is 46.8 Å². The summed E-state index contributed by atoms with van der Waals surface area (Å²) in [6, 6.07) is 10.2. The first-order valence-corrected chi connectivity index (χ1v) is 16.6. The fourth-order valence-electron chi connectivity index (χ4n) is 12.9. The SMILES string of the molecule is CC(=O)N(Cc1ccccc1)CC1CC(C)C2C(O1)C(O)C1(C)C3CCC4C(C)(C)C(O)CCC45CC35CCC21C. The van der Waals surface area contributed by atoms with E-state index in [-0.39, 0.29) is 40.5 Å². The number of aliphatic hydroxyl groups is 2. The summed E-state index contributed by atoms with van der Waals surface area (Å²) in [6.45, 7) is 14.8. The highest BCUT2D eigenvalue weighted by molar-refractivity contribution is 5.73. The first-order valence-electron chi connectivity index (χ1n) is 16.6. The highest BCUT2D eigenvalue weighted by Crippen LogP contribution is 2.89. The van der Waals surface area contributed by atoms with Crippen LogP contribution < -0.4 is 0 Å². The third-order valence-corrected chi connectivity index (χ3v) is 14.9. The van der Waals surface area contributed by atoms with E-state index in [9.17, 15) is 15.0 Å². The smallest absolute Gasteiger partial charge is 0.219 e. The Morgan fingerprint density at radius 2 is 1.66 bits per heavy atom. The lowest BCUT2D eigenvalue weighted by molar-refractivity contribution is -0.182. The Kier molecular flexibility index (Phi) is 6.26. The minimum absolute atomic E-state index is 0.0240. The van der Waals surface area contributed by atoms with Crippen molar-refractivity contribution in [2.24, 2.45) is 50.7 Å². The number of nitrogens with zero attached hydrogens (tertiary/aromatic N) is 1. The van der Waals surface area contributed by atoms with Gasteiger partial charge in [0.15, 0.2) is 0 Å². The van der Waals surface area contributed by atoms with Gasteiger partial charge in [-0.2, -0.15) is 0 Å². The Bertz CT molecular complexity index is 1200. The van der Waals surface area contributed by atoms with Crippen molar-refractivity contribution in [1.82, 2.24) is 4.90 Å². The van der Waals surface area contributed by atoms with Gasteiger partial charge in [0.25, 0.3) is 0 Å². The molecule has 1 heterocycles. The van der Waals surface area contributed by atoms with Crippen molar-refractivity contribution < 1.29 is 19.7 Å². The topological polar surface area (TPSA) is 70.0 Å². The molecule has 5 heteroatoms. The number of aliphatic hydroxyl groups excluding tert-OH is 2. The number of carbonyl (C=O) groups is 1. The van der Waals surface area contributed by atoms with E-state index < -0.39 is 6.10 Å². The molecule has 5 saturated carbocycles. The van der Waals surface area contributed by atoms with Crippen molar-refractivity contribution in [1.29, 1.82) is 0 Å². The summed E-state index contributed by atoms with van der Waals surface area (Å²) in [5.74, 6) is 1.95. The van der Waals surface area contributed by atoms with Crippen LogP contribution in [0.3, 0.4) is 0 Å². The largest absolute Gasteiger partial charge is 0.393 e. The van der Waals surface area contributed by atoms with Crippen LogP contribution in [-0.4, -0.2) is 52.0 Å². The number of hydrogen-bond acceptors (Lipinski definition) is 4. The molecule has 0 aromatic heterocycles. The molecule has 41 heavy (non-hydrogen) atoms. The van der Waals surface area contributed by atoms with Crippen molar-refractivity contribution in [3.8, 4) is 0 Å². The Labute approximate surface area is 247 Å². The summed E-state index contributed by atoms with van der Waals surface area (Å²) >= 11 is 0. The second-order valence-electron chi connectivity index (χ2n) is 16.5. The molecule has 6 aliphatic rings. The van der Waals surface area contributed by atoms with Crippen molar-refractivity contribution >= 4 is 5.91 Å². The van der Waals surface area contributed by atoms with Crippen LogP contribution in [0.1, 0.15) is 98.5 Å². The molecular formula is C36H53NO4. The Balaban J connectivity index is 1.16. The zero-order valence-corrected chi connectivity index (χ0v) is 26.2. The number of hydrogen-bond donors (Lipinski definition) is 2. The molecule has 1 aliphatic heterocycles. The molecule has 2 N–H and O–H groups in total. The van der Waals surface area contributed by atoms with E-state index in [1.54, 1.807) is 6.92 Å². The molecule has 1 amide bonds. The normalized spacial score (nSPS) is 50.9. The van der Waals surface area contributed by atoms with Crippen LogP contribution in [0.4, 0.5) is 0 Å². The van der Waals surface area contributed by atoms with Crippen molar-refractivity contribution in [3.05, 3.63) is 35.9 Å². The van der Waals surface area contributed by atoms with E-state index in [0.29, 0.717) is 47.6 Å². The van der Waals surface area contributed by atoms with Gasteiger partial charge in [-0.15, -0.1) is 0 Å². The molecule has 1 aromatic rings. The molecule has 1 saturated heterocycles. The Morgan fingerprint density at radius 3 is 2.37 bits per heavy atom. The van der Waals surface area contributed by atoms with Gasteiger partial charge in [-0.1, -0.05) is 65.0 Å². The minimum atomic E-state index is -0.485. The van der Waals surface area contributed by atoms with Gasteiger partial charge in [-0.05, 0) is 102 Å². The molecule has 2 spiro atoms. The molecular weight excluding hydrogens is 510 g/mol. The van der Waals surface area contributed by atoms with Gasteiger partial charge in [0.1, 0.15) is 0 Å². The maximum Gasteiger partial charge on any atom is 0.219 e. The van der Waals surface area contributed by atoms with E-state index in [1.165, 1.54) is 25.7 Å². The highest BCUT2D eigenvalue weighted by Gasteiger charge is 2.84. The van der Waals surface area contributed by atoms with Crippen molar-refractivity contribution in [2.75, 3.05) is 6.54 Å².